The van der Waals surface area contributed by atoms with Gasteiger partial charge in [0.15, 0.2) is 11.6 Å². The first-order valence-electron chi connectivity index (χ1n) is 6.80. The molecule has 0 radical (unpaired) electrons. The number of nitrogens with zero attached hydrogens (tertiary/aromatic N) is 5. The maximum absolute atomic E-state index is 5.71. The summed E-state index contributed by atoms with van der Waals surface area (Å²) in [5.41, 5.74) is 7.88. The van der Waals surface area contributed by atoms with Crippen LogP contribution in [0.5, 0.6) is 0 Å². The molecule has 0 saturated carbocycles. The molecule has 2 aromatic rings. The highest BCUT2D eigenvalue weighted by molar-refractivity contribution is 5.38. The Morgan fingerprint density at radius 2 is 1.89 bits per heavy atom. The van der Waals surface area contributed by atoms with Gasteiger partial charge in [-0.3, -0.25) is 4.68 Å². The van der Waals surface area contributed by atoms with E-state index in [1.807, 2.05) is 23.3 Å². The smallest absolute Gasteiger partial charge is 0.157 e. The van der Waals surface area contributed by atoms with Crippen molar-refractivity contribution in [3.63, 3.8) is 0 Å². The van der Waals surface area contributed by atoms with E-state index in [0.717, 1.165) is 48.0 Å². The zero-order valence-electron chi connectivity index (χ0n) is 12.1. The van der Waals surface area contributed by atoms with Gasteiger partial charge in [-0.2, -0.15) is 9.78 Å². The fourth-order valence-electron chi connectivity index (χ4n) is 2.33. The lowest BCUT2D eigenvalue weighted by Crippen LogP contribution is -2.12. The SMILES string of the molecule is CCc1nc(CC)n(-c2c(CCN)c(C)nn2C)n1. The topological polar surface area (TPSA) is 74.6 Å². The molecule has 0 unspecified atom stereocenters. The van der Waals surface area contributed by atoms with E-state index in [2.05, 4.69) is 29.0 Å². The highest BCUT2D eigenvalue weighted by atomic mass is 15.4. The Hall–Kier alpha value is -1.69. The maximum Gasteiger partial charge on any atom is 0.157 e. The summed E-state index contributed by atoms with van der Waals surface area (Å²) in [6.07, 6.45) is 2.49. The van der Waals surface area contributed by atoms with Crippen molar-refractivity contribution >= 4 is 0 Å². The summed E-state index contributed by atoms with van der Waals surface area (Å²) in [6.45, 7) is 6.77. The zero-order chi connectivity index (χ0) is 14.0. The average molecular weight is 262 g/mol. The lowest BCUT2D eigenvalue weighted by Gasteiger charge is -2.08. The summed E-state index contributed by atoms with van der Waals surface area (Å²) in [7, 11) is 1.94. The third-order valence-electron chi connectivity index (χ3n) is 3.26. The van der Waals surface area contributed by atoms with Gasteiger partial charge in [0.25, 0.3) is 0 Å². The number of hydrogen-bond acceptors (Lipinski definition) is 4. The van der Waals surface area contributed by atoms with Crippen LogP contribution in [0, 0.1) is 6.92 Å². The van der Waals surface area contributed by atoms with Crippen LogP contribution in [0.15, 0.2) is 0 Å². The fraction of sp³-hybridized carbons (Fsp3) is 0.615. The third kappa shape index (κ3) is 2.40. The Balaban J connectivity index is 2.60. The molecule has 0 aliphatic carbocycles. The van der Waals surface area contributed by atoms with Gasteiger partial charge in [0.2, 0.25) is 0 Å². The van der Waals surface area contributed by atoms with Gasteiger partial charge in [0, 0.05) is 25.5 Å². The van der Waals surface area contributed by atoms with Crippen LogP contribution in [0.1, 0.15) is 36.8 Å². The molecular weight excluding hydrogens is 240 g/mol. The summed E-state index contributed by atoms with van der Waals surface area (Å²) < 4.78 is 3.79. The standard InChI is InChI=1S/C13H22N6/c1-5-11-15-12(6-2)19(17-11)13-10(7-8-14)9(3)16-18(13)4/h5-8,14H2,1-4H3. The summed E-state index contributed by atoms with van der Waals surface area (Å²) in [5.74, 6) is 2.83. The molecule has 0 atom stereocenters. The minimum Gasteiger partial charge on any atom is -0.330 e. The van der Waals surface area contributed by atoms with E-state index in [9.17, 15) is 0 Å². The summed E-state index contributed by atoms with van der Waals surface area (Å²) in [5, 5.41) is 9.08. The molecule has 104 valence electrons. The van der Waals surface area contributed by atoms with E-state index in [1.54, 1.807) is 0 Å². The molecule has 0 amide bonds. The maximum atomic E-state index is 5.71. The predicted molar refractivity (Wildman–Crippen MR) is 74.4 cm³/mol. The molecule has 0 fully saturated rings. The van der Waals surface area contributed by atoms with Crippen molar-refractivity contribution in [2.45, 2.75) is 40.0 Å². The van der Waals surface area contributed by atoms with Crippen molar-refractivity contribution in [2.75, 3.05) is 6.54 Å². The van der Waals surface area contributed by atoms with Crippen molar-refractivity contribution in [1.82, 2.24) is 24.5 Å². The molecule has 0 saturated heterocycles. The van der Waals surface area contributed by atoms with E-state index >= 15 is 0 Å². The number of rotatable bonds is 5. The number of aromatic nitrogens is 5. The Morgan fingerprint density at radius 3 is 2.47 bits per heavy atom. The summed E-state index contributed by atoms with van der Waals surface area (Å²) >= 11 is 0. The van der Waals surface area contributed by atoms with Gasteiger partial charge >= 0.3 is 0 Å². The Morgan fingerprint density at radius 1 is 1.16 bits per heavy atom. The molecule has 2 heterocycles. The lowest BCUT2D eigenvalue weighted by atomic mass is 10.2. The van der Waals surface area contributed by atoms with Gasteiger partial charge in [-0.15, -0.1) is 5.10 Å². The summed E-state index contributed by atoms with van der Waals surface area (Å²) in [6, 6.07) is 0. The molecule has 0 spiro atoms. The molecule has 2 rings (SSSR count). The van der Waals surface area contributed by atoms with Crippen LogP contribution in [-0.2, 0) is 26.3 Å². The predicted octanol–water partition coefficient (Wildman–Crippen LogP) is 0.935. The molecule has 0 bridgehead atoms. The van der Waals surface area contributed by atoms with Gasteiger partial charge in [0.05, 0.1) is 5.69 Å². The fourth-order valence-corrected chi connectivity index (χ4v) is 2.33. The second-order valence-electron chi connectivity index (χ2n) is 4.61. The van der Waals surface area contributed by atoms with Crippen LogP contribution in [-0.4, -0.2) is 31.1 Å². The molecular formula is C13H22N6. The van der Waals surface area contributed by atoms with Crippen molar-refractivity contribution in [2.24, 2.45) is 12.8 Å². The Labute approximate surface area is 113 Å². The Kier molecular flexibility index (Phi) is 3.99. The quantitative estimate of drug-likeness (QED) is 0.870. The highest BCUT2D eigenvalue weighted by Gasteiger charge is 2.18. The zero-order valence-corrected chi connectivity index (χ0v) is 12.1. The van der Waals surface area contributed by atoms with E-state index in [1.165, 1.54) is 0 Å². The first-order chi connectivity index (χ1) is 9.12. The van der Waals surface area contributed by atoms with E-state index < -0.39 is 0 Å². The van der Waals surface area contributed by atoms with Crippen LogP contribution < -0.4 is 5.73 Å². The van der Waals surface area contributed by atoms with E-state index in [4.69, 9.17) is 5.73 Å². The van der Waals surface area contributed by atoms with Gasteiger partial charge in [0.1, 0.15) is 5.82 Å². The van der Waals surface area contributed by atoms with Gasteiger partial charge in [-0.05, 0) is 19.9 Å². The second kappa shape index (κ2) is 5.52. The van der Waals surface area contributed by atoms with Crippen LogP contribution in [0.4, 0.5) is 0 Å². The van der Waals surface area contributed by atoms with E-state index in [-0.39, 0.29) is 0 Å². The van der Waals surface area contributed by atoms with Crippen molar-refractivity contribution in [3.8, 4) is 5.82 Å². The highest BCUT2D eigenvalue weighted by Crippen LogP contribution is 2.19. The van der Waals surface area contributed by atoms with Gasteiger partial charge in [-0.25, -0.2) is 4.98 Å². The molecule has 2 N–H and O–H groups in total. The van der Waals surface area contributed by atoms with Gasteiger partial charge < -0.3 is 5.73 Å². The first kappa shape index (κ1) is 13.7. The molecule has 2 aromatic heterocycles. The van der Waals surface area contributed by atoms with E-state index in [0.29, 0.717) is 6.54 Å². The molecule has 0 aliphatic heterocycles. The molecule has 19 heavy (non-hydrogen) atoms. The molecule has 0 aliphatic rings. The average Bonchev–Trinajstić information content (AvgIpc) is 2.91. The molecule has 6 nitrogen and oxygen atoms in total. The number of hydrogen-bond donors (Lipinski definition) is 1. The minimum atomic E-state index is 0.607. The monoisotopic (exact) mass is 262 g/mol. The lowest BCUT2D eigenvalue weighted by molar-refractivity contribution is 0.667. The van der Waals surface area contributed by atoms with Crippen LogP contribution >= 0.6 is 0 Å². The van der Waals surface area contributed by atoms with Crippen LogP contribution in [0.3, 0.4) is 0 Å². The molecule has 0 aromatic carbocycles. The summed E-state index contributed by atoms with van der Waals surface area (Å²) in [4.78, 5) is 4.55. The first-order valence-corrected chi connectivity index (χ1v) is 6.80. The van der Waals surface area contributed by atoms with Crippen LogP contribution in [0.2, 0.25) is 0 Å². The van der Waals surface area contributed by atoms with Crippen molar-refractivity contribution in [3.05, 3.63) is 22.9 Å². The number of nitrogens with two attached hydrogens (primary N) is 1. The van der Waals surface area contributed by atoms with Crippen molar-refractivity contribution < 1.29 is 0 Å². The molecule has 6 heteroatoms. The van der Waals surface area contributed by atoms with Crippen molar-refractivity contribution in [1.29, 1.82) is 0 Å². The van der Waals surface area contributed by atoms with Gasteiger partial charge in [-0.1, -0.05) is 13.8 Å². The third-order valence-corrected chi connectivity index (χ3v) is 3.26. The number of aryl methyl sites for hydroxylation is 4. The second-order valence-corrected chi connectivity index (χ2v) is 4.61. The Bertz CT molecular complexity index is 566. The largest absolute Gasteiger partial charge is 0.330 e. The normalized spacial score (nSPS) is 11.2. The minimum absolute atomic E-state index is 0.607. The van der Waals surface area contributed by atoms with Crippen LogP contribution in [0.25, 0.3) is 5.82 Å².